The second-order valence-corrected chi connectivity index (χ2v) is 6.10. The predicted octanol–water partition coefficient (Wildman–Crippen LogP) is 4.18. The first-order valence-corrected chi connectivity index (χ1v) is 7.27. The molecule has 2 N–H and O–H groups in total. The highest BCUT2D eigenvalue weighted by molar-refractivity contribution is 9.10. The van der Waals surface area contributed by atoms with Crippen LogP contribution in [0, 0.1) is 0 Å². The molecule has 2 aromatic heterocycles. The fourth-order valence-electron chi connectivity index (χ4n) is 1.86. The molecule has 0 fully saturated rings. The first-order valence-electron chi connectivity index (χ1n) is 5.31. The van der Waals surface area contributed by atoms with Gasteiger partial charge in [0.2, 0.25) is 5.95 Å². The fourth-order valence-corrected chi connectivity index (χ4v) is 3.04. The standard InChI is InChI=1S/C12H7Br2ClN4/c13-6-3-9-11(17-5-6)19(12(16)18-9)10-2-1-7(15)4-8(10)14/h1-5H,(H2,16,18). The van der Waals surface area contributed by atoms with Crippen molar-refractivity contribution >= 4 is 60.6 Å². The molecular formula is C12H7Br2ClN4. The number of benzene rings is 1. The third kappa shape index (κ3) is 2.24. The number of hydrogen-bond acceptors (Lipinski definition) is 3. The topological polar surface area (TPSA) is 56.7 Å². The van der Waals surface area contributed by atoms with E-state index in [1.807, 2.05) is 12.1 Å². The van der Waals surface area contributed by atoms with Crippen LogP contribution in [0.1, 0.15) is 0 Å². The highest BCUT2D eigenvalue weighted by atomic mass is 79.9. The Morgan fingerprint density at radius 3 is 2.74 bits per heavy atom. The summed E-state index contributed by atoms with van der Waals surface area (Å²) in [5, 5.41) is 0.648. The summed E-state index contributed by atoms with van der Waals surface area (Å²) in [5.74, 6) is 0.378. The molecule has 0 aliphatic carbocycles. The molecule has 0 amide bonds. The zero-order valence-corrected chi connectivity index (χ0v) is 13.4. The van der Waals surface area contributed by atoms with Crippen molar-refractivity contribution < 1.29 is 0 Å². The lowest BCUT2D eigenvalue weighted by Gasteiger charge is -2.08. The average Bonchev–Trinajstić information content (AvgIpc) is 2.65. The van der Waals surface area contributed by atoms with Crippen LogP contribution in [-0.2, 0) is 0 Å². The van der Waals surface area contributed by atoms with Crippen LogP contribution < -0.4 is 5.73 Å². The Labute approximate surface area is 130 Å². The van der Waals surface area contributed by atoms with E-state index >= 15 is 0 Å². The summed E-state index contributed by atoms with van der Waals surface area (Å²) in [6, 6.07) is 7.35. The summed E-state index contributed by atoms with van der Waals surface area (Å²) in [6.07, 6.45) is 1.71. The molecule has 1 aromatic carbocycles. The molecule has 7 heteroatoms. The lowest BCUT2D eigenvalue weighted by Crippen LogP contribution is -2.02. The third-order valence-electron chi connectivity index (χ3n) is 2.64. The largest absolute Gasteiger partial charge is 0.369 e. The molecule has 0 aliphatic rings. The smallest absolute Gasteiger partial charge is 0.207 e. The van der Waals surface area contributed by atoms with Crippen molar-refractivity contribution in [2.24, 2.45) is 0 Å². The SMILES string of the molecule is Nc1nc2cc(Br)cnc2n1-c1ccc(Cl)cc1Br. The number of imidazole rings is 1. The van der Waals surface area contributed by atoms with Crippen LogP contribution in [0.3, 0.4) is 0 Å². The minimum atomic E-state index is 0.378. The number of nitrogens with two attached hydrogens (primary N) is 1. The summed E-state index contributed by atoms with van der Waals surface area (Å²) in [6.45, 7) is 0. The lowest BCUT2D eigenvalue weighted by molar-refractivity contribution is 1.08. The van der Waals surface area contributed by atoms with Crippen LogP contribution in [0.5, 0.6) is 0 Å². The van der Waals surface area contributed by atoms with Crippen molar-refractivity contribution in [2.45, 2.75) is 0 Å². The van der Waals surface area contributed by atoms with Gasteiger partial charge < -0.3 is 5.73 Å². The number of fused-ring (bicyclic) bond motifs is 1. The normalized spacial score (nSPS) is 11.1. The van der Waals surface area contributed by atoms with Crippen LogP contribution in [0.25, 0.3) is 16.9 Å². The number of rotatable bonds is 1. The Bertz CT molecular complexity index is 785. The second kappa shape index (κ2) is 4.77. The van der Waals surface area contributed by atoms with Gasteiger partial charge in [0, 0.05) is 20.2 Å². The van der Waals surface area contributed by atoms with Crippen LogP contribution in [0.2, 0.25) is 5.02 Å². The number of halogens is 3. The summed E-state index contributed by atoms with van der Waals surface area (Å²) in [4.78, 5) is 8.67. The van der Waals surface area contributed by atoms with Crippen molar-refractivity contribution in [1.82, 2.24) is 14.5 Å². The van der Waals surface area contributed by atoms with Gasteiger partial charge in [-0.05, 0) is 56.1 Å². The van der Waals surface area contributed by atoms with Gasteiger partial charge in [0.1, 0.15) is 5.52 Å². The zero-order chi connectivity index (χ0) is 13.6. The summed E-state index contributed by atoms with van der Waals surface area (Å²) < 4.78 is 3.47. The summed E-state index contributed by atoms with van der Waals surface area (Å²) >= 11 is 12.8. The molecule has 3 aromatic rings. The summed E-state index contributed by atoms with van der Waals surface area (Å²) in [5.41, 5.74) is 8.26. The quantitative estimate of drug-likeness (QED) is 0.664. The molecule has 4 nitrogen and oxygen atoms in total. The Hall–Kier alpha value is -1.11. The van der Waals surface area contributed by atoms with Crippen molar-refractivity contribution in [1.29, 1.82) is 0 Å². The molecule has 3 rings (SSSR count). The van der Waals surface area contributed by atoms with E-state index in [0.717, 1.165) is 20.1 Å². The van der Waals surface area contributed by atoms with Gasteiger partial charge in [-0.2, -0.15) is 0 Å². The van der Waals surface area contributed by atoms with E-state index in [0.29, 0.717) is 16.6 Å². The Morgan fingerprint density at radius 1 is 1.21 bits per heavy atom. The molecule has 19 heavy (non-hydrogen) atoms. The molecular weight excluding hydrogens is 395 g/mol. The lowest BCUT2D eigenvalue weighted by atomic mass is 10.3. The molecule has 2 heterocycles. The number of nitrogens with zero attached hydrogens (tertiary/aromatic N) is 3. The molecule has 0 aliphatic heterocycles. The molecule has 0 radical (unpaired) electrons. The molecule has 0 spiro atoms. The molecule has 0 saturated heterocycles. The van der Waals surface area contributed by atoms with Gasteiger partial charge in [0.05, 0.1) is 5.69 Å². The fraction of sp³-hybridized carbons (Fsp3) is 0. The Morgan fingerprint density at radius 2 is 2.00 bits per heavy atom. The van der Waals surface area contributed by atoms with E-state index in [1.54, 1.807) is 22.9 Å². The zero-order valence-electron chi connectivity index (χ0n) is 9.44. The van der Waals surface area contributed by atoms with Gasteiger partial charge in [0.25, 0.3) is 0 Å². The van der Waals surface area contributed by atoms with Crippen molar-refractivity contribution in [2.75, 3.05) is 5.73 Å². The van der Waals surface area contributed by atoms with Gasteiger partial charge in [0.15, 0.2) is 5.65 Å². The van der Waals surface area contributed by atoms with Crippen molar-refractivity contribution in [3.05, 3.63) is 44.4 Å². The van der Waals surface area contributed by atoms with Gasteiger partial charge >= 0.3 is 0 Å². The number of nitrogen functional groups attached to an aromatic ring is 1. The maximum atomic E-state index is 5.99. The van der Waals surface area contributed by atoms with E-state index < -0.39 is 0 Å². The number of pyridine rings is 1. The Kier molecular flexibility index (Phi) is 3.24. The third-order valence-corrected chi connectivity index (χ3v) is 3.94. The highest BCUT2D eigenvalue weighted by Crippen LogP contribution is 2.30. The van der Waals surface area contributed by atoms with Gasteiger partial charge in [-0.25, -0.2) is 9.97 Å². The monoisotopic (exact) mass is 400 g/mol. The van der Waals surface area contributed by atoms with Gasteiger partial charge in [-0.3, -0.25) is 4.57 Å². The average molecular weight is 402 g/mol. The van der Waals surface area contributed by atoms with Crippen LogP contribution in [-0.4, -0.2) is 14.5 Å². The first-order chi connectivity index (χ1) is 9.06. The molecule has 0 bridgehead atoms. The minimum absolute atomic E-state index is 0.378. The van der Waals surface area contributed by atoms with E-state index in [-0.39, 0.29) is 0 Å². The number of anilines is 1. The van der Waals surface area contributed by atoms with Crippen LogP contribution >= 0.6 is 43.5 Å². The Balaban J connectivity index is 2.33. The van der Waals surface area contributed by atoms with Crippen molar-refractivity contribution in [3.63, 3.8) is 0 Å². The molecule has 0 unspecified atom stereocenters. The maximum absolute atomic E-state index is 5.99. The number of hydrogen-bond donors (Lipinski definition) is 1. The second-order valence-electron chi connectivity index (χ2n) is 3.90. The first kappa shape index (κ1) is 12.9. The molecule has 0 saturated carbocycles. The molecule has 0 atom stereocenters. The van der Waals surface area contributed by atoms with E-state index in [2.05, 4.69) is 41.8 Å². The predicted molar refractivity (Wildman–Crippen MR) is 83.7 cm³/mol. The minimum Gasteiger partial charge on any atom is -0.369 e. The van der Waals surface area contributed by atoms with Crippen LogP contribution in [0.4, 0.5) is 5.95 Å². The van der Waals surface area contributed by atoms with E-state index in [4.69, 9.17) is 17.3 Å². The van der Waals surface area contributed by atoms with Crippen molar-refractivity contribution in [3.8, 4) is 5.69 Å². The van der Waals surface area contributed by atoms with E-state index in [1.165, 1.54) is 0 Å². The maximum Gasteiger partial charge on any atom is 0.207 e. The summed E-state index contributed by atoms with van der Waals surface area (Å²) in [7, 11) is 0. The molecule has 96 valence electrons. The van der Waals surface area contributed by atoms with Gasteiger partial charge in [-0.1, -0.05) is 11.6 Å². The highest BCUT2D eigenvalue weighted by Gasteiger charge is 2.14. The number of aromatic nitrogens is 3. The van der Waals surface area contributed by atoms with Gasteiger partial charge in [-0.15, -0.1) is 0 Å². The van der Waals surface area contributed by atoms with E-state index in [9.17, 15) is 0 Å². The van der Waals surface area contributed by atoms with Crippen LogP contribution in [0.15, 0.2) is 39.4 Å².